The van der Waals surface area contributed by atoms with Gasteiger partial charge >= 0.3 is 0 Å². The number of aromatic nitrogens is 3. The molecule has 1 aliphatic rings. The number of nitrogens with one attached hydrogen (secondary N) is 2. The molecule has 0 spiro atoms. The Kier molecular flexibility index (Phi) is 4.78. The number of piperidine rings is 1. The summed E-state index contributed by atoms with van der Waals surface area (Å²) in [5, 5.41) is 10.8. The average Bonchev–Trinajstić information content (AvgIpc) is 3.23. The molecule has 3 aromatic rings. The number of halogens is 1. The van der Waals surface area contributed by atoms with Crippen molar-refractivity contribution in [3.63, 3.8) is 0 Å². The summed E-state index contributed by atoms with van der Waals surface area (Å²) >= 11 is 6.02. The van der Waals surface area contributed by atoms with Crippen molar-refractivity contribution in [2.24, 2.45) is 5.92 Å². The molecule has 0 saturated carbocycles. The maximum absolute atomic E-state index is 12.7. The molecule has 142 valence electrons. The van der Waals surface area contributed by atoms with Crippen LogP contribution in [0.4, 0.5) is 6.01 Å². The van der Waals surface area contributed by atoms with Crippen LogP contribution in [0.25, 0.3) is 11.1 Å². The first-order chi connectivity index (χ1) is 13.0. The summed E-state index contributed by atoms with van der Waals surface area (Å²) in [4.78, 5) is 19.2. The lowest BCUT2D eigenvalue weighted by atomic mass is 9.97. The van der Waals surface area contributed by atoms with E-state index in [2.05, 4.69) is 20.5 Å². The van der Waals surface area contributed by atoms with Crippen LogP contribution in [0.15, 0.2) is 22.6 Å². The van der Waals surface area contributed by atoms with Crippen molar-refractivity contribution >= 4 is 34.6 Å². The lowest BCUT2D eigenvalue weighted by Gasteiger charge is -2.30. The number of rotatable bonds is 4. The van der Waals surface area contributed by atoms with Crippen LogP contribution in [0.3, 0.4) is 0 Å². The summed E-state index contributed by atoms with van der Waals surface area (Å²) < 4.78 is 5.85. The maximum atomic E-state index is 12.7. The number of hydrogen-bond acceptors (Lipinski definition) is 5. The van der Waals surface area contributed by atoms with Crippen LogP contribution in [0.2, 0.25) is 5.02 Å². The number of nitrogens with zero attached hydrogens (tertiary/aromatic N) is 3. The molecule has 1 fully saturated rings. The Hall–Kier alpha value is -2.54. The standard InChI is InChI=1S/C19H22ClN5O2/c1-11-15(12(2)24-23-11)9-21-18(26)13-4-3-7-25(10-13)19-22-16-8-14(20)5-6-17(16)27-19/h5-6,8,13H,3-4,7,9-10H2,1-2H3,(H,21,26)(H,23,24). The Bertz CT molecular complexity index is 960. The van der Waals surface area contributed by atoms with Gasteiger partial charge < -0.3 is 14.6 Å². The van der Waals surface area contributed by atoms with Crippen LogP contribution < -0.4 is 10.2 Å². The van der Waals surface area contributed by atoms with Crippen molar-refractivity contribution in [3.05, 3.63) is 40.2 Å². The van der Waals surface area contributed by atoms with E-state index in [1.807, 2.05) is 24.8 Å². The van der Waals surface area contributed by atoms with Gasteiger partial charge in [0.1, 0.15) is 5.52 Å². The van der Waals surface area contributed by atoms with E-state index in [4.69, 9.17) is 16.0 Å². The number of carbonyl (C=O) groups is 1. The zero-order valence-electron chi connectivity index (χ0n) is 15.4. The van der Waals surface area contributed by atoms with Gasteiger partial charge in [0.2, 0.25) is 5.91 Å². The van der Waals surface area contributed by atoms with Crippen LogP contribution in [0.5, 0.6) is 0 Å². The summed E-state index contributed by atoms with van der Waals surface area (Å²) in [6.07, 6.45) is 1.78. The predicted molar refractivity (Wildman–Crippen MR) is 104 cm³/mol. The van der Waals surface area contributed by atoms with Gasteiger partial charge in [-0.1, -0.05) is 11.6 Å². The average molecular weight is 388 g/mol. The highest BCUT2D eigenvalue weighted by atomic mass is 35.5. The molecule has 0 bridgehead atoms. The Balaban J connectivity index is 1.43. The first-order valence-electron chi connectivity index (χ1n) is 9.10. The Morgan fingerprint density at radius 3 is 3.07 bits per heavy atom. The Morgan fingerprint density at radius 2 is 2.30 bits per heavy atom. The first kappa shape index (κ1) is 17.9. The summed E-state index contributed by atoms with van der Waals surface area (Å²) in [5.74, 6) is -0.0382. The van der Waals surface area contributed by atoms with Gasteiger partial charge in [0.25, 0.3) is 6.01 Å². The van der Waals surface area contributed by atoms with Gasteiger partial charge in [-0.05, 0) is 44.9 Å². The molecule has 7 nitrogen and oxygen atoms in total. The minimum atomic E-state index is -0.0927. The molecule has 1 aliphatic heterocycles. The maximum Gasteiger partial charge on any atom is 0.298 e. The van der Waals surface area contributed by atoms with E-state index >= 15 is 0 Å². The van der Waals surface area contributed by atoms with Crippen LogP contribution in [0, 0.1) is 19.8 Å². The molecule has 2 aromatic heterocycles. The van der Waals surface area contributed by atoms with Gasteiger partial charge in [-0.3, -0.25) is 9.89 Å². The highest BCUT2D eigenvalue weighted by molar-refractivity contribution is 6.31. The third kappa shape index (κ3) is 3.64. The second kappa shape index (κ2) is 7.23. The molecular formula is C19H22ClN5O2. The van der Waals surface area contributed by atoms with Gasteiger partial charge in [0.15, 0.2) is 5.58 Å². The van der Waals surface area contributed by atoms with Crippen molar-refractivity contribution in [2.75, 3.05) is 18.0 Å². The van der Waals surface area contributed by atoms with E-state index in [1.54, 1.807) is 12.1 Å². The molecule has 1 aromatic carbocycles. The summed E-state index contributed by atoms with van der Waals surface area (Å²) in [7, 11) is 0. The smallest absolute Gasteiger partial charge is 0.298 e. The minimum absolute atomic E-state index is 0.0545. The number of fused-ring (bicyclic) bond motifs is 1. The number of aryl methyl sites for hydroxylation is 2. The molecule has 1 amide bonds. The molecule has 1 atom stereocenters. The quantitative estimate of drug-likeness (QED) is 0.716. The number of oxazole rings is 1. The normalized spacial score (nSPS) is 17.4. The van der Waals surface area contributed by atoms with Crippen LogP contribution >= 0.6 is 11.6 Å². The number of benzene rings is 1. The van der Waals surface area contributed by atoms with E-state index in [0.29, 0.717) is 29.7 Å². The Labute approximate surface area is 162 Å². The molecule has 3 heterocycles. The molecule has 0 aliphatic carbocycles. The lowest BCUT2D eigenvalue weighted by Crippen LogP contribution is -2.43. The molecule has 2 N–H and O–H groups in total. The third-order valence-corrected chi connectivity index (χ3v) is 5.36. The zero-order chi connectivity index (χ0) is 19.0. The first-order valence-corrected chi connectivity index (χ1v) is 9.48. The van der Waals surface area contributed by atoms with Crippen molar-refractivity contribution in [1.29, 1.82) is 0 Å². The van der Waals surface area contributed by atoms with Crippen LogP contribution in [-0.2, 0) is 11.3 Å². The number of carbonyl (C=O) groups excluding carboxylic acids is 1. The van der Waals surface area contributed by atoms with Crippen molar-refractivity contribution in [1.82, 2.24) is 20.5 Å². The fourth-order valence-corrected chi connectivity index (χ4v) is 3.71. The van der Waals surface area contributed by atoms with Gasteiger partial charge in [-0.2, -0.15) is 10.1 Å². The number of H-pyrrole nitrogens is 1. The molecule has 4 rings (SSSR count). The topological polar surface area (TPSA) is 87.0 Å². The molecule has 0 radical (unpaired) electrons. The van der Waals surface area contributed by atoms with Gasteiger partial charge in [-0.15, -0.1) is 0 Å². The molecule has 8 heteroatoms. The number of amides is 1. The fraction of sp³-hybridized carbons (Fsp3) is 0.421. The van der Waals surface area contributed by atoms with E-state index < -0.39 is 0 Å². The van der Waals surface area contributed by atoms with Crippen molar-refractivity contribution in [2.45, 2.75) is 33.2 Å². The van der Waals surface area contributed by atoms with E-state index in [9.17, 15) is 4.79 Å². The van der Waals surface area contributed by atoms with Gasteiger partial charge in [-0.25, -0.2) is 0 Å². The molecule has 1 unspecified atom stereocenters. The fourth-order valence-electron chi connectivity index (χ4n) is 3.54. The minimum Gasteiger partial charge on any atom is -0.423 e. The number of aromatic amines is 1. The van der Waals surface area contributed by atoms with E-state index in [1.165, 1.54) is 0 Å². The molecule has 27 heavy (non-hydrogen) atoms. The highest BCUT2D eigenvalue weighted by Crippen LogP contribution is 2.28. The molecule has 1 saturated heterocycles. The van der Waals surface area contributed by atoms with E-state index in [0.717, 1.165) is 41.9 Å². The molecular weight excluding hydrogens is 366 g/mol. The number of anilines is 1. The summed E-state index contributed by atoms with van der Waals surface area (Å²) in [6, 6.07) is 5.93. The van der Waals surface area contributed by atoms with Gasteiger partial charge in [0, 0.05) is 35.9 Å². The van der Waals surface area contributed by atoms with Crippen molar-refractivity contribution < 1.29 is 9.21 Å². The summed E-state index contributed by atoms with van der Waals surface area (Å²) in [6.45, 7) is 5.81. The van der Waals surface area contributed by atoms with Crippen molar-refractivity contribution in [3.8, 4) is 0 Å². The third-order valence-electron chi connectivity index (χ3n) is 5.12. The SMILES string of the molecule is Cc1n[nH]c(C)c1CNC(=O)C1CCCN(c2nc3cc(Cl)ccc3o2)C1. The van der Waals surface area contributed by atoms with Crippen LogP contribution in [-0.4, -0.2) is 34.2 Å². The highest BCUT2D eigenvalue weighted by Gasteiger charge is 2.28. The monoisotopic (exact) mass is 387 g/mol. The largest absolute Gasteiger partial charge is 0.423 e. The second-order valence-corrected chi connectivity index (χ2v) is 7.46. The zero-order valence-corrected chi connectivity index (χ0v) is 16.1. The van der Waals surface area contributed by atoms with Crippen LogP contribution in [0.1, 0.15) is 29.8 Å². The number of hydrogen-bond donors (Lipinski definition) is 2. The predicted octanol–water partition coefficient (Wildman–Crippen LogP) is 3.35. The second-order valence-electron chi connectivity index (χ2n) is 7.02. The Morgan fingerprint density at radius 1 is 1.44 bits per heavy atom. The lowest BCUT2D eigenvalue weighted by molar-refractivity contribution is -0.125. The van der Waals surface area contributed by atoms with Gasteiger partial charge in [0.05, 0.1) is 11.6 Å². The summed E-state index contributed by atoms with van der Waals surface area (Å²) in [5.41, 5.74) is 4.39. The van der Waals surface area contributed by atoms with E-state index in [-0.39, 0.29) is 11.8 Å².